The predicted molar refractivity (Wildman–Crippen MR) is 59.0 cm³/mol. The van der Waals surface area contributed by atoms with E-state index in [-0.39, 0.29) is 6.10 Å². The van der Waals surface area contributed by atoms with Gasteiger partial charge in [0, 0.05) is 6.61 Å². The Kier molecular flexibility index (Phi) is 10.1. The monoisotopic (exact) mass is 197 g/mol. The number of nitriles is 1. The molecule has 0 saturated carbocycles. The molecule has 0 N–H and O–H groups in total. The minimum atomic E-state index is 0.107. The Bertz CT molecular complexity index is 151. The average Bonchev–Trinajstić information content (AvgIpc) is 2.17. The summed E-state index contributed by atoms with van der Waals surface area (Å²) in [4.78, 5) is 0. The van der Waals surface area contributed by atoms with Crippen molar-refractivity contribution in [2.45, 2.75) is 64.9 Å². The van der Waals surface area contributed by atoms with Gasteiger partial charge in [0.2, 0.25) is 0 Å². The molecule has 0 radical (unpaired) electrons. The van der Waals surface area contributed by atoms with Crippen molar-refractivity contribution in [2.75, 3.05) is 6.61 Å². The van der Waals surface area contributed by atoms with Gasteiger partial charge >= 0.3 is 0 Å². The predicted octanol–water partition coefficient (Wildman–Crippen LogP) is 3.67. The van der Waals surface area contributed by atoms with Crippen LogP contribution in [0, 0.1) is 11.3 Å². The quantitative estimate of drug-likeness (QED) is 0.528. The molecule has 0 rings (SSSR count). The van der Waals surface area contributed by atoms with Crippen LogP contribution in [-0.4, -0.2) is 12.7 Å². The molecule has 0 fully saturated rings. The van der Waals surface area contributed by atoms with Crippen LogP contribution in [0.25, 0.3) is 0 Å². The lowest BCUT2D eigenvalue weighted by Gasteiger charge is -2.08. The molecule has 0 aliphatic rings. The first-order valence-electron chi connectivity index (χ1n) is 5.79. The maximum Gasteiger partial charge on any atom is 0.0676 e. The lowest BCUT2D eigenvalue weighted by Crippen LogP contribution is -2.07. The first-order valence-corrected chi connectivity index (χ1v) is 5.79. The zero-order chi connectivity index (χ0) is 10.6. The smallest absolute Gasteiger partial charge is 0.0676 e. The molecule has 0 aliphatic carbocycles. The summed E-state index contributed by atoms with van der Waals surface area (Å²) in [5.41, 5.74) is 0. The van der Waals surface area contributed by atoms with Crippen LogP contribution in [0.2, 0.25) is 0 Å². The molecule has 0 aliphatic heterocycles. The fourth-order valence-corrected chi connectivity index (χ4v) is 1.35. The van der Waals surface area contributed by atoms with Gasteiger partial charge in [-0.25, -0.2) is 0 Å². The summed E-state index contributed by atoms with van der Waals surface area (Å²) in [7, 11) is 0. The molecule has 0 aromatic heterocycles. The van der Waals surface area contributed by atoms with E-state index in [9.17, 15) is 0 Å². The highest BCUT2D eigenvalue weighted by atomic mass is 16.5. The third-order valence-electron chi connectivity index (χ3n) is 2.28. The summed E-state index contributed by atoms with van der Waals surface area (Å²) in [6.45, 7) is 5.00. The van der Waals surface area contributed by atoms with Gasteiger partial charge in [0.25, 0.3) is 0 Å². The van der Waals surface area contributed by atoms with Crippen LogP contribution >= 0.6 is 0 Å². The third-order valence-corrected chi connectivity index (χ3v) is 2.28. The number of hydrogen-bond donors (Lipinski definition) is 0. The Morgan fingerprint density at radius 3 is 2.43 bits per heavy atom. The third kappa shape index (κ3) is 9.54. The summed E-state index contributed by atoms with van der Waals surface area (Å²) in [6.07, 6.45) is 8.35. The van der Waals surface area contributed by atoms with Gasteiger partial charge in [-0.2, -0.15) is 5.26 Å². The summed E-state index contributed by atoms with van der Waals surface area (Å²) >= 11 is 0. The van der Waals surface area contributed by atoms with E-state index >= 15 is 0 Å². The molecule has 82 valence electrons. The van der Waals surface area contributed by atoms with E-state index in [2.05, 4.69) is 13.0 Å². The molecule has 1 unspecified atom stereocenters. The number of rotatable bonds is 9. The van der Waals surface area contributed by atoms with Crippen molar-refractivity contribution in [2.24, 2.45) is 0 Å². The van der Waals surface area contributed by atoms with E-state index in [4.69, 9.17) is 10.00 Å². The molecule has 0 amide bonds. The molecular weight excluding hydrogens is 174 g/mol. The Morgan fingerprint density at radius 1 is 1.14 bits per heavy atom. The van der Waals surface area contributed by atoms with Crippen LogP contribution in [0.1, 0.15) is 58.8 Å². The van der Waals surface area contributed by atoms with Crippen molar-refractivity contribution in [3.05, 3.63) is 0 Å². The zero-order valence-corrected chi connectivity index (χ0v) is 9.59. The van der Waals surface area contributed by atoms with Crippen molar-refractivity contribution in [1.82, 2.24) is 0 Å². The highest BCUT2D eigenvalue weighted by Crippen LogP contribution is 2.06. The molecule has 0 saturated heterocycles. The molecule has 0 bridgehead atoms. The van der Waals surface area contributed by atoms with Crippen molar-refractivity contribution >= 4 is 0 Å². The summed E-state index contributed by atoms with van der Waals surface area (Å²) in [6, 6.07) is 2.11. The minimum Gasteiger partial charge on any atom is -0.377 e. The lowest BCUT2D eigenvalue weighted by molar-refractivity contribution is 0.0663. The molecule has 0 aromatic carbocycles. The molecule has 0 aromatic rings. The van der Waals surface area contributed by atoms with Gasteiger partial charge in [-0.3, -0.25) is 0 Å². The fraction of sp³-hybridized carbons (Fsp3) is 0.917. The molecule has 1 atom stereocenters. The number of ether oxygens (including phenoxy) is 1. The second kappa shape index (κ2) is 10.5. The molecule has 0 spiro atoms. The van der Waals surface area contributed by atoms with E-state index in [0.29, 0.717) is 6.42 Å². The standard InChI is InChI=1S/C12H23NO/c1-3-4-5-6-7-8-11-14-12(2)9-10-13/h12H,3-9,11H2,1-2H3. The number of hydrogen-bond acceptors (Lipinski definition) is 2. The van der Waals surface area contributed by atoms with E-state index in [1.807, 2.05) is 6.92 Å². The van der Waals surface area contributed by atoms with Crippen LogP contribution in [0.4, 0.5) is 0 Å². The molecule has 0 heterocycles. The second-order valence-electron chi connectivity index (χ2n) is 3.81. The number of unbranched alkanes of at least 4 members (excludes halogenated alkanes) is 5. The van der Waals surface area contributed by atoms with Gasteiger partial charge in [0.05, 0.1) is 18.6 Å². The molecule has 14 heavy (non-hydrogen) atoms. The maximum atomic E-state index is 8.41. The lowest BCUT2D eigenvalue weighted by atomic mass is 10.1. The zero-order valence-electron chi connectivity index (χ0n) is 9.59. The van der Waals surface area contributed by atoms with E-state index in [1.54, 1.807) is 0 Å². The highest BCUT2D eigenvalue weighted by molar-refractivity contribution is 4.73. The Morgan fingerprint density at radius 2 is 1.79 bits per heavy atom. The maximum absolute atomic E-state index is 8.41. The van der Waals surface area contributed by atoms with Crippen molar-refractivity contribution < 1.29 is 4.74 Å². The topological polar surface area (TPSA) is 33.0 Å². The van der Waals surface area contributed by atoms with Gasteiger partial charge in [0.15, 0.2) is 0 Å². The highest BCUT2D eigenvalue weighted by Gasteiger charge is 1.99. The van der Waals surface area contributed by atoms with Gasteiger partial charge < -0.3 is 4.74 Å². The average molecular weight is 197 g/mol. The van der Waals surface area contributed by atoms with E-state index in [1.165, 1.54) is 32.1 Å². The second-order valence-corrected chi connectivity index (χ2v) is 3.81. The Labute approximate surface area is 88.3 Å². The SMILES string of the molecule is CCCCCCCCOC(C)CC#N. The molecule has 2 nitrogen and oxygen atoms in total. The summed E-state index contributed by atoms with van der Waals surface area (Å²) < 4.78 is 5.47. The Hall–Kier alpha value is -0.550. The number of nitrogens with zero attached hydrogens (tertiary/aromatic N) is 1. The minimum absolute atomic E-state index is 0.107. The normalized spacial score (nSPS) is 12.4. The van der Waals surface area contributed by atoms with Crippen molar-refractivity contribution in [3.63, 3.8) is 0 Å². The molecule has 2 heteroatoms. The largest absolute Gasteiger partial charge is 0.377 e. The van der Waals surface area contributed by atoms with Crippen molar-refractivity contribution in [3.8, 4) is 6.07 Å². The first kappa shape index (κ1) is 13.4. The van der Waals surface area contributed by atoms with Crippen molar-refractivity contribution in [1.29, 1.82) is 5.26 Å². The summed E-state index contributed by atoms with van der Waals surface area (Å²) in [5.74, 6) is 0. The van der Waals surface area contributed by atoms with E-state index < -0.39 is 0 Å². The summed E-state index contributed by atoms with van der Waals surface area (Å²) in [5, 5.41) is 8.41. The van der Waals surface area contributed by atoms with E-state index in [0.717, 1.165) is 13.0 Å². The van der Waals surface area contributed by atoms with Crippen LogP contribution in [0.15, 0.2) is 0 Å². The first-order chi connectivity index (χ1) is 6.81. The van der Waals surface area contributed by atoms with Gasteiger partial charge in [0.1, 0.15) is 0 Å². The fourth-order valence-electron chi connectivity index (χ4n) is 1.35. The van der Waals surface area contributed by atoms with Crippen LogP contribution < -0.4 is 0 Å². The Balaban J connectivity index is 3.02. The van der Waals surface area contributed by atoms with Crippen LogP contribution in [0.5, 0.6) is 0 Å². The van der Waals surface area contributed by atoms with Crippen LogP contribution in [-0.2, 0) is 4.74 Å². The van der Waals surface area contributed by atoms with Gasteiger partial charge in [-0.05, 0) is 13.3 Å². The van der Waals surface area contributed by atoms with Crippen LogP contribution in [0.3, 0.4) is 0 Å². The van der Waals surface area contributed by atoms with Gasteiger partial charge in [-0.15, -0.1) is 0 Å². The molecular formula is C12H23NO. The van der Waals surface area contributed by atoms with Gasteiger partial charge in [-0.1, -0.05) is 39.0 Å².